The fraction of sp³-hybridized carbons (Fsp3) is 0.136. The van der Waals surface area contributed by atoms with Crippen molar-refractivity contribution < 1.29 is 4.39 Å². The van der Waals surface area contributed by atoms with Crippen LogP contribution in [0.5, 0.6) is 0 Å². The molecule has 2 nitrogen and oxygen atoms in total. The highest BCUT2D eigenvalue weighted by Gasteiger charge is 2.12. The first-order chi connectivity index (χ1) is 12.6. The van der Waals surface area contributed by atoms with Gasteiger partial charge in [0.15, 0.2) is 5.11 Å². The Morgan fingerprint density at radius 2 is 1.42 bits per heavy atom. The summed E-state index contributed by atoms with van der Waals surface area (Å²) in [5.41, 5.74) is 3.61. The van der Waals surface area contributed by atoms with E-state index in [0.29, 0.717) is 29.5 Å². The molecule has 0 aliphatic carbocycles. The SMILES string of the molecule is Cc1ccc(NC(=S)N(Cc2ccccc2)Cc2ccccc2)cc1F. The van der Waals surface area contributed by atoms with E-state index >= 15 is 0 Å². The molecule has 0 radical (unpaired) electrons. The molecule has 3 rings (SSSR count). The summed E-state index contributed by atoms with van der Waals surface area (Å²) >= 11 is 5.62. The van der Waals surface area contributed by atoms with Crippen molar-refractivity contribution in [1.29, 1.82) is 0 Å². The fourth-order valence-corrected chi connectivity index (χ4v) is 2.93. The van der Waals surface area contributed by atoms with E-state index in [1.165, 1.54) is 17.2 Å². The van der Waals surface area contributed by atoms with Crippen LogP contribution in [0.25, 0.3) is 0 Å². The third-order valence-corrected chi connectivity index (χ3v) is 4.50. The van der Waals surface area contributed by atoms with Crippen molar-refractivity contribution in [2.24, 2.45) is 0 Å². The number of hydrogen-bond donors (Lipinski definition) is 1. The van der Waals surface area contributed by atoms with Crippen LogP contribution in [0.2, 0.25) is 0 Å². The van der Waals surface area contributed by atoms with Crippen LogP contribution < -0.4 is 5.32 Å². The molecule has 0 amide bonds. The molecule has 0 unspecified atom stereocenters. The molecule has 1 N–H and O–H groups in total. The first-order valence-electron chi connectivity index (χ1n) is 8.52. The second kappa shape index (κ2) is 8.59. The van der Waals surface area contributed by atoms with Crippen molar-refractivity contribution in [3.8, 4) is 0 Å². The fourth-order valence-electron chi connectivity index (χ4n) is 2.68. The highest BCUT2D eigenvalue weighted by molar-refractivity contribution is 7.80. The monoisotopic (exact) mass is 364 g/mol. The molecule has 4 heteroatoms. The summed E-state index contributed by atoms with van der Waals surface area (Å²) in [7, 11) is 0. The van der Waals surface area contributed by atoms with Crippen LogP contribution in [-0.2, 0) is 13.1 Å². The van der Waals surface area contributed by atoms with Crippen molar-refractivity contribution >= 4 is 23.0 Å². The summed E-state index contributed by atoms with van der Waals surface area (Å²) in [6.45, 7) is 3.10. The third kappa shape index (κ3) is 4.90. The van der Waals surface area contributed by atoms with E-state index in [0.717, 1.165) is 0 Å². The molecule has 26 heavy (non-hydrogen) atoms. The average Bonchev–Trinajstić information content (AvgIpc) is 2.66. The van der Waals surface area contributed by atoms with Gasteiger partial charge in [0.1, 0.15) is 5.82 Å². The van der Waals surface area contributed by atoms with E-state index in [2.05, 4.69) is 34.5 Å². The Morgan fingerprint density at radius 3 is 1.92 bits per heavy atom. The zero-order chi connectivity index (χ0) is 18.4. The number of hydrogen-bond acceptors (Lipinski definition) is 1. The average molecular weight is 364 g/mol. The molecule has 0 spiro atoms. The minimum Gasteiger partial charge on any atom is -0.340 e. The lowest BCUT2D eigenvalue weighted by Gasteiger charge is -2.26. The molecule has 0 atom stereocenters. The number of halogens is 1. The second-order valence-corrected chi connectivity index (χ2v) is 6.61. The van der Waals surface area contributed by atoms with Gasteiger partial charge in [-0.3, -0.25) is 0 Å². The minimum absolute atomic E-state index is 0.240. The lowest BCUT2D eigenvalue weighted by atomic mass is 10.2. The second-order valence-electron chi connectivity index (χ2n) is 6.22. The summed E-state index contributed by atoms with van der Waals surface area (Å²) in [4.78, 5) is 2.08. The molecule has 3 aromatic carbocycles. The summed E-state index contributed by atoms with van der Waals surface area (Å²) in [5.74, 6) is -0.240. The van der Waals surface area contributed by atoms with Crippen LogP contribution in [0, 0.1) is 12.7 Å². The van der Waals surface area contributed by atoms with Crippen LogP contribution in [0.3, 0.4) is 0 Å². The minimum atomic E-state index is -0.240. The van der Waals surface area contributed by atoms with Gasteiger partial charge < -0.3 is 10.2 Å². The van der Waals surface area contributed by atoms with Gasteiger partial charge in [-0.25, -0.2) is 4.39 Å². The predicted octanol–water partition coefficient (Wildman–Crippen LogP) is 5.53. The number of aryl methyl sites for hydroxylation is 1. The molecule has 0 aromatic heterocycles. The third-order valence-electron chi connectivity index (χ3n) is 4.14. The molecule has 0 saturated heterocycles. The quantitative estimate of drug-likeness (QED) is 0.599. The molecule has 132 valence electrons. The van der Waals surface area contributed by atoms with Gasteiger partial charge in [-0.15, -0.1) is 0 Å². The zero-order valence-corrected chi connectivity index (χ0v) is 15.5. The Morgan fingerprint density at radius 1 is 0.885 bits per heavy atom. The van der Waals surface area contributed by atoms with Crippen molar-refractivity contribution in [3.63, 3.8) is 0 Å². The topological polar surface area (TPSA) is 15.3 Å². The molecular weight excluding hydrogens is 343 g/mol. The van der Waals surface area contributed by atoms with Crippen LogP contribution >= 0.6 is 12.2 Å². The van der Waals surface area contributed by atoms with E-state index in [4.69, 9.17) is 12.2 Å². The Balaban J connectivity index is 1.78. The maximum Gasteiger partial charge on any atom is 0.174 e. The molecule has 0 aliphatic heterocycles. The molecule has 0 heterocycles. The van der Waals surface area contributed by atoms with E-state index < -0.39 is 0 Å². The standard InChI is InChI=1S/C22H21FN2S/c1-17-12-13-20(14-21(17)23)24-22(26)25(15-18-8-4-2-5-9-18)16-19-10-6-3-7-11-19/h2-14H,15-16H2,1H3,(H,24,26). The van der Waals surface area contributed by atoms with Gasteiger partial charge in [-0.2, -0.15) is 0 Å². The molecule has 3 aromatic rings. The number of rotatable bonds is 5. The van der Waals surface area contributed by atoms with Crippen molar-refractivity contribution in [3.05, 3.63) is 101 Å². The zero-order valence-electron chi connectivity index (χ0n) is 14.7. The summed E-state index contributed by atoms with van der Waals surface area (Å²) in [6.07, 6.45) is 0. The van der Waals surface area contributed by atoms with E-state index in [-0.39, 0.29) is 5.82 Å². The predicted molar refractivity (Wildman–Crippen MR) is 109 cm³/mol. The summed E-state index contributed by atoms with van der Waals surface area (Å²) in [6, 6.07) is 25.4. The van der Waals surface area contributed by atoms with Gasteiger partial charge in [0.25, 0.3) is 0 Å². The van der Waals surface area contributed by atoms with E-state index in [1.54, 1.807) is 13.0 Å². The Hall–Kier alpha value is -2.72. The molecule has 0 aliphatic rings. The van der Waals surface area contributed by atoms with Crippen LogP contribution in [-0.4, -0.2) is 10.0 Å². The van der Waals surface area contributed by atoms with Crippen molar-refractivity contribution in [1.82, 2.24) is 4.90 Å². The number of nitrogens with one attached hydrogen (secondary N) is 1. The first-order valence-corrected chi connectivity index (χ1v) is 8.92. The summed E-state index contributed by atoms with van der Waals surface area (Å²) < 4.78 is 13.8. The maximum absolute atomic E-state index is 13.8. The van der Waals surface area contributed by atoms with Crippen LogP contribution in [0.1, 0.15) is 16.7 Å². The van der Waals surface area contributed by atoms with Crippen LogP contribution in [0.15, 0.2) is 78.9 Å². The molecular formula is C22H21FN2S. The van der Waals surface area contributed by atoms with Crippen molar-refractivity contribution in [2.45, 2.75) is 20.0 Å². The Labute approximate surface area is 159 Å². The first kappa shape index (κ1) is 18.1. The molecule has 0 bridgehead atoms. The number of thiocarbonyl (C=S) groups is 1. The summed E-state index contributed by atoms with van der Waals surface area (Å²) in [5, 5.41) is 3.74. The van der Waals surface area contributed by atoms with Crippen LogP contribution in [0.4, 0.5) is 10.1 Å². The number of nitrogens with zero attached hydrogens (tertiary/aromatic N) is 1. The Bertz CT molecular complexity index is 824. The largest absolute Gasteiger partial charge is 0.340 e. The van der Waals surface area contributed by atoms with Gasteiger partial charge in [0.2, 0.25) is 0 Å². The molecule has 0 saturated carbocycles. The molecule has 0 fully saturated rings. The highest BCUT2D eigenvalue weighted by Crippen LogP contribution is 2.16. The normalized spacial score (nSPS) is 10.4. The van der Waals surface area contributed by atoms with Gasteiger partial charge in [-0.05, 0) is 48.0 Å². The van der Waals surface area contributed by atoms with Gasteiger partial charge in [-0.1, -0.05) is 66.7 Å². The highest BCUT2D eigenvalue weighted by atomic mass is 32.1. The maximum atomic E-state index is 13.8. The number of anilines is 1. The van der Waals surface area contributed by atoms with Crippen molar-refractivity contribution in [2.75, 3.05) is 5.32 Å². The van der Waals surface area contributed by atoms with Gasteiger partial charge in [0, 0.05) is 18.8 Å². The van der Waals surface area contributed by atoms with Gasteiger partial charge in [0.05, 0.1) is 0 Å². The van der Waals surface area contributed by atoms with E-state index in [9.17, 15) is 4.39 Å². The Kier molecular flexibility index (Phi) is 5.97. The van der Waals surface area contributed by atoms with Gasteiger partial charge >= 0.3 is 0 Å². The smallest absolute Gasteiger partial charge is 0.174 e. The number of benzene rings is 3. The lowest BCUT2D eigenvalue weighted by molar-refractivity contribution is 0.413. The lowest BCUT2D eigenvalue weighted by Crippen LogP contribution is -2.33. The van der Waals surface area contributed by atoms with E-state index in [1.807, 2.05) is 42.5 Å².